The second kappa shape index (κ2) is 15.2. The number of nitrogens with zero attached hydrogens (tertiary/aromatic N) is 2. The third-order valence-corrected chi connectivity index (χ3v) is 6.08. The van der Waals surface area contributed by atoms with Crippen LogP contribution >= 0.6 is 0 Å². The molecule has 0 atom stereocenters. The largest absolute Gasteiger partial charge is 0.370 e. The lowest BCUT2D eigenvalue weighted by atomic mass is 9.86. The van der Waals surface area contributed by atoms with Crippen molar-refractivity contribution in [2.24, 2.45) is 34.2 Å². The van der Waals surface area contributed by atoms with Crippen LogP contribution in [0, 0.1) is 17.8 Å². The summed E-state index contributed by atoms with van der Waals surface area (Å²) in [5, 5.41) is 2.98. The molecule has 0 aromatic carbocycles. The van der Waals surface area contributed by atoms with Crippen molar-refractivity contribution in [3.63, 3.8) is 0 Å². The minimum absolute atomic E-state index is 0.133. The first kappa shape index (κ1) is 26.4. The summed E-state index contributed by atoms with van der Waals surface area (Å²) in [6, 6.07) is 0. The van der Waals surface area contributed by atoms with Crippen molar-refractivity contribution in [3.05, 3.63) is 0 Å². The molecule has 2 fully saturated rings. The zero-order valence-corrected chi connectivity index (χ0v) is 19.5. The Morgan fingerprint density at radius 3 is 2.20 bits per heavy atom. The maximum Gasteiger partial charge on any atom is 0.249 e. The van der Waals surface area contributed by atoms with Crippen molar-refractivity contribution in [1.29, 1.82) is 0 Å². The molecule has 0 aromatic rings. The van der Waals surface area contributed by atoms with Gasteiger partial charge < -0.3 is 21.7 Å². The second-order valence-corrected chi connectivity index (χ2v) is 9.25. The van der Waals surface area contributed by atoms with E-state index in [2.05, 4.69) is 36.0 Å². The average molecular weight is 424 g/mol. The first-order chi connectivity index (χ1) is 14.3. The van der Waals surface area contributed by atoms with Crippen LogP contribution in [0.25, 0.3) is 0 Å². The molecule has 1 heterocycles. The van der Waals surface area contributed by atoms with Crippen molar-refractivity contribution in [2.75, 3.05) is 26.2 Å². The van der Waals surface area contributed by atoms with Crippen molar-refractivity contribution in [3.8, 4) is 0 Å². The minimum Gasteiger partial charge on any atom is -0.370 e. The predicted molar refractivity (Wildman–Crippen MR) is 124 cm³/mol. The number of carbonyl (C=O) groups is 2. The molecule has 1 saturated heterocycles. The number of guanidine groups is 1. The zero-order chi connectivity index (χ0) is 22.4. The fourth-order valence-electron chi connectivity index (χ4n) is 4.16. The van der Waals surface area contributed by atoms with Gasteiger partial charge in [-0.2, -0.15) is 4.99 Å². The van der Waals surface area contributed by atoms with Gasteiger partial charge in [0, 0.05) is 19.4 Å². The maximum absolute atomic E-state index is 11.5. The number of carbonyl (C=O) groups excluding carboxylic acids is 2. The Hall–Kier alpha value is -1.63. The quantitative estimate of drug-likeness (QED) is 0.410. The van der Waals surface area contributed by atoms with Crippen molar-refractivity contribution >= 4 is 17.8 Å². The Morgan fingerprint density at radius 2 is 1.67 bits per heavy atom. The summed E-state index contributed by atoms with van der Waals surface area (Å²) in [6.07, 6.45) is 11.3. The molecule has 7 heteroatoms. The Balaban J connectivity index is 0.000000300. The zero-order valence-electron chi connectivity index (χ0n) is 19.5. The molecule has 0 unspecified atom stereocenters. The third-order valence-electron chi connectivity index (χ3n) is 6.08. The van der Waals surface area contributed by atoms with Gasteiger partial charge in [0.15, 0.2) is 5.96 Å². The van der Waals surface area contributed by atoms with Gasteiger partial charge in [-0.3, -0.25) is 9.59 Å². The van der Waals surface area contributed by atoms with E-state index in [0.29, 0.717) is 18.3 Å². The Morgan fingerprint density at radius 1 is 1.03 bits per heavy atom. The van der Waals surface area contributed by atoms with Crippen LogP contribution in [0.3, 0.4) is 0 Å². The monoisotopic (exact) mass is 423 g/mol. The van der Waals surface area contributed by atoms with E-state index in [1.54, 1.807) is 0 Å². The molecule has 0 spiro atoms. The van der Waals surface area contributed by atoms with Crippen LogP contribution in [0.5, 0.6) is 0 Å². The van der Waals surface area contributed by atoms with Crippen molar-refractivity contribution in [1.82, 2.24) is 10.2 Å². The van der Waals surface area contributed by atoms with Gasteiger partial charge in [-0.1, -0.05) is 52.9 Å². The summed E-state index contributed by atoms with van der Waals surface area (Å²) in [5.74, 6) is 1.75. The van der Waals surface area contributed by atoms with Crippen LogP contribution in [0.2, 0.25) is 0 Å². The molecule has 2 amide bonds. The Bertz CT molecular complexity index is 518. The van der Waals surface area contributed by atoms with E-state index in [0.717, 1.165) is 57.8 Å². The predicted octanol–water partition coefficient (Wildman–Crippen LogP) is 3.03. The lowest BCUT2D eigenvalue weighted by Gasteiger charge is -2.30. The number of piperidine rings is 1. The molecule has 1 aliphatic heterocycles. The van der Waals surface area contributed by atoms with E-state index in [9.17, 15) is 9.59 Å². The lowest BCUT2D eigenvalue weighted by molar-refractivity contribution is -0.121. The van der Waals surface area contributed by atoms with E-state index < -0.39 is 0 Å². The van der Waals surface area contributed by atoms with E-state index in [1.807, 2.05) is 0 Å². The summed E-state index contributed by atoms with van der Waals surface area (Å²) in [7, 11) is 0. The van der Waals surface area contributed by atoms with Crippen LogP contribution in [-0.4, -0.2) is 48.9 Å². The molecule has 1 aliphatic carbocycles. The fraction of sp³-hybridized carbons (Fsp3) is 0.870. The first-order valence-corrected chi connectivity index (χ1v) is 11.9. The van der Waals surface area contributed by atoms with Gasteiger partial charge >= 0.3 is 0 Å². The van der Waals surface area contributed by atoms with E-state index in [1.165, 1.54) is 32.1 Å². The van der Waals surface area contributed by atoms with Gasteiger partial charge in [0.25, 0.3) is 0 Å². The highest BCUT2D eigenvalue weighted by Gasteiger charge is 2.20. The SMILES string of the molecule is CC(C)CNC(=O)CCC1CCCCC1.CCN1CCC(CC(=O)N=C(N)N)CC1. The number of likely N-dealkylation sites (tertiary alicyclic amines) is 1. The van der Waals surface area contributed by atoms with E-state index in [-0.39, 0.29) is 17.8 Å². The highest BCUT2D eigenvalue weighted by molar-refractivity contribution is 5.91. The molecule has 7 nitrogen and oxygen atoms in total. The highest BCUT2D eigenvalue weighted by Crippen LogP contribution is 2.27. The summed E-state index contributed by atoms with van der Waals surface area (Å²) >= 11 is 0. The van der Waals surface area contributed by atoms with Gasteiger partial charge in [-0.05, 0) is 56.7 Å². The molecule has 2 rings (SSSR count). The number of hydrogen-bond donors (Lipinski definition) is 3. The lowest BCUT2D eigenvalue weighted by Crippen LogP contribution is -2.34. The van der Waals surface area contributed by atoms with Crippen LogP contribution < -0.4 is 16.8 Å². The smallest absolute Gasteiger partial charge is 0.249 e. The van der Waals surface area contributed by atoms with Crippen molar-refractivity contribution < 1.29 is 9.59 Å². The fourth-order valence-corrected chi connectivity index (χ4v) is 4.16. The molecule has 2 aliphatic rings. The van der Waals surface area contributed by atoms with Crippen LogP contribution in [-0.2, 0) is 9.59 Å². The molecular formula is C23H45N5O2. The number of nitrogens with one attached hydrogen (secondary N) is 1. The Kier molecular flexibility index (Phi) is 13.4. The van der Waals surface area contributed by atoms with E-state index >= 15 is 0 Å². The highest BCUT2D eigenvalue weighted by atomic mass is 16.2. The van der Waals surface area contributed by atoms with Crippen LogP contribution in [0.15, 0.2) is 4.99 Å². The van der Waals surface area contributed by atoms with Crippen LogP contribution in [0.4, 0.5) is 0 Å². The molecule has 1 saturated carbocycles. The molecule has 5 N–H and O–H groups in total. The van der Waals surface area contributed by atoms with Gasteiger partial charge in [0.1, 0.15) is 0 Å². The number of hydrogen-bond acceptors (Lipinski definition) is 3. The molecule has 0 aromatic heterocycles. The van der Waals surface area contributed by atoms with E-state index in [4.69, 9.17) is 11.5 Å². The minimum atomic E-state index is -0.190. The van der Waals surface area contributed by atoms with Gasteiger partial charge in [-0.15, -0.1) is 0 Å². The van der Waals surface area contributed by atoms with Gasteiger partial charge in [0.05, 0.1) is 0 Å². The van der Waals surface area contributed by atoms with Crippen LogP contribution in [0.1, 0.15) is 85.0 Å². The average Bonchev–Trinajstić information content (AvgIpc) is 2.72. The summed E-state index contributed by atoms with van der Waals surface area (Å²) in [4.78, 5) is 28.7. The Labute approximate surface area is 183 Å². The number of aliphatic imine (C=N–C) groups is 1. The van der Waals surface area contributed by atoms with Gasteiger partial charge in [0.2, 0.25) is 11.8 Å². The molecular weight excluding hydrogens is 378 g/mol. The number of amides is 2. The standard InChI is InChI=1S/C13H25NO.C10H20N4O/c1-11(2)10-14-13(15)9-8-12-6-4-3-5-7-12;1-2-14-5-3-8(4-6-14)7-9(15)13-10(11)12/h11-12H,3-10H2,1-2H3,(H,14,15);8H,2-7H2,1H3,(H4,11,12,13,15). The normalized spacial score (nSPS) is 18.4. The molecule has 0 bridgehead atoms. The van der Waals surface area contributed by atoms with Crippen molar-refractivity contribution in [2.45, 2.75) is 85.0 Å². The molecule has 174 valence electrons. The molecule has 0 radical (unpaired) electrons. The topological polar surface area (TPSA) is 114 Å². The third kappa shape index (κ3) is 12.8. The summed E-state index contributed by atoms with van der Waals surface area (Å²) < 4.78 is 0. The first-order valence-electron chi connectivity index (χ1n) is 11.9. The number of rotatable bonds is 8. The summed E-state index contributed by atoms with van der Waals surface area (Å²) in [5.41, 5.74) is 10.3. The second-order valence-electron chi connectivity index (χ2n) is 9.25. The maximum atomic E-state index is 11.5. The van der Waals surface area contributed by atoms with Gasteiger partial charge in [-0.25, -0.2) is 0 Å². The molecule has 30 heavy (non-hydrogen) atoms. The summed E-state index contributed by atoms with van der Waals surface area (Å²) in [6.45, 7) is 10.5. The number of nitrogens with two attached hydrogens (primary N) is 2.